The van der Waals surface area contributed by atoms with E-state index in [4.69, 9.17) is 11.5 Å². The number of carbonyl (C=O) groups is 3. The summed E-state index contributed by atoms with van der Waals surface area (Å²) < 4.78 is 0. The van der Waals surface area contributed by atoms with Crippen LogP contribution in [0.4, 0.5) is 5.69 Å². The van der Waals surface area contributed by atoms with Gasteiger partial charge in [-0.3, -0.25) is 19.4 Å². The Hall–Kier alpha value is -3.91. The maximum absolute atomic E-state index is 12.8. The lowest BCUT2D eigenvalue weighted by Gasteiger charge is -2.12. The molecule has 0 atom stereocenters. The second-order valence-electron chi connectivity index (χ2n) is 7.31. The Labute approximate surface area is 197 Å². The van der Waals surface area contributed by atoms with Crippen molar-refractivity contribution in [1.29, 1.82) is 0 Å². The molecule has 172 valence electrons. The molecule has 0 aliphatic carbocycles. The van der Waals surface area contributed by atoms with Crippen LogP contribution in [0.2, 0.25) is 0 Å². The number of amides is 2. The van der Waals surface area contributed by atoms with Crippen LogP contribution in [-0.4, -0.2) is 36.6 Å². The van der Waals surface area contributed by atoms with E-state index in [1.54, 1.807) is 37.3 Å². The second kappa shape index (κ2) is 11.6. The first kappa shape index (κ1) is 25.4. The Balaban J connectivity index is 0.00000385. The highest BCUT2D eigenvalue weighted by Gasteiger charge is 2.21. The number of nitrogens with one attached hydrogen (secondary N) is 2. The number of ketones is 1. The van der Waals surface area contributed by atoms with Crippen molar-refractivity contribution in [2.24, 2.45) is 16.5 Å². The van der Waals surface area contributed by atoms with Crippen LogP contribution in [0.15, 0.2) is 65.7 Å². The van der Waals surface area contributed by atoms with E-state index < -0.39 is 11.7 Å². The van der Waals surface area contributed by atoms with Gasteiger partial charge in [0.05, 0.1) is 11.3 Å². The zero-order valence-electron chi connectivity index (χ0n) is 18.1. The van der Waals surface area contributed by atoms with Crippen LogP contribution in [0.5, 0.6) is 0 Å². The van der Waals surface area contributed by atoms with Gasteiger partial charge >= 0.3 is 0 Å². The van der Waals surface area contributed by atoms with E-state index in [2.05, 4.69) is 15.6 Å². The van der Waals surface area contributed by atoms with E-state index in [1.807, 2.05) is 30.3 Å². The average Bonchev–Trinajstić information content (AvgIpc) is 2.78. The van der Waals surface area contributed by atoms with Crippen molar-refractivity contribution < 1.29 is 14.4 Å². The molecule has 0 aromatic heterocycles. The molecule has 33 heavy (non-hydrogen) atoms. The molecule has 3 aromatic rings. The number of fused-ring (bicyclic) bond motifs is 1. The number of carbonyl (C=O) groups excluding carboxylic acids is 3. The maximum Gasteiger partial charge on any atom is 0.292 e. The van der Waals surface area contributed by atoms with Crippen LogP contribution in [0.25, 0.3) is 10.8 Å². The summed E-state index contributed by atoms with van der Waals surface area (Å²) in [6.45, 7) is 2.39. The number of anilines is 1. The Morgan fingerprint density at radius 1 is 0.939 bits per heavy atom. The summed E-state index contributed by atoms with van der Waals surface area (Å²) in [6, 6.07) is 18.0. The van der Waals surface area contributed by atoms with Gasteiger partial charge in [0.1, 0.15) is 0 Å². The monoisotopic (exact) mass is 467 g/mol. The first-order valence-corrected chi connectivity index (χ1v) is 10.1. The molecule has 6 N–H and O–H groups in total. The van der Waals surface area contributed by atoms with E-state index in [-0.39, 0.29) is 42.1 Å². The molecule has 9 heteroatoms. The van der Waals surface area contributed by atoms with Crippen LogP contribution in [-0.2, 0) is 4.79 Å². The van der Waals surface area contributed by atoms with Gasteiger partial charge in [-0.05, 0) is 48.4 Å². The third-order valence-corrected chi connectivity index (χ3v) is 4.80. The Morgan fingerprint density at radius 3 is 2.39 bits per heavy atom. The lowest BCUT2D eigenvalue weighted by Crippen LogP contribution is -2.33. The van der Waals surface area contributed by atoms with Gasteiger partial charge in [0, 0.05) is 18.7 Å². The number of hydrogen-bond acceptors (Lipinski definition) is 4. The second-order valence-corrected chi connectivity index (χ2v) is 7.31. The minimum atomic E-state index is -0.762. The summed E-state index contributed by atoms with van der Waals surface area (Å²) in [5, 5.41) is 7.26. The summed E-state index contributed by atoms with van der Waals surface area (Å²) >= 11 is 0. The van der Waals surface area contributed by atoms with E-state index >= 15 is 0 Å². The van der Waals surface area contributed by atoms with E-state index in [0.717, 1.165) is 16.3 Å². The molecule has 0 saturated heterocycles. The van der Waals surface area contributed by atoms with Crippen molar-refractivity contribution in [3.8, 4) is 0 Å². The van der Waals surface area contributed by atoms with Gasteiger partial charge < -0.3 is 22.1 Å². The average molecular weight is 468 g/mol. The Kier molecular flexibility index (Phi) is 8.94. The minimum absolute atomic E-state index is 0. The number of Topliss-reactive ketones (excluding diaryl/α,β-unsaturated/α-hetero) is 1. The molecule has 0 radical (unpaired) electrons. The topological polar surface area (TPSA) is 140 Å². The van der Waals surface area contributed by atoms with Crippen LogP contribution in [0.1, 0.15) is 32.7 Å². The molecule has 0 unspecified atom stereocenters. The number of hydrogen-bond donors (Lipinski definition) is 4. The van der Waals surface area contributed by atoms with Crippen molar-refractivity contribution >= 4 is 52.4 Å². The van der Waals surface area contributed by atoms with Crippen molar-refractivity contribution in [3.63, 3.8) is 0 Å². The van der Waals surface area contributed by atoms with Gasteiger partial charge in [0.2, 0.25) is 0 Å². The van der Waals surface area contributed by atoms with Crippen LogP contribution < -0.4 is 22.1 Å². The van der Waals surface area contributed by atoms with Crippen LogP contribution in [0, 0.1) is 6.92 Å². The number of nitrogens with two attached hydrogens (primary N) is 2. The summed E-state index contributed by atoms with van der Waals surface area (Å²) in [7, 11) is 0. The fourth-order valence-electron chi connectivity index (χ4n) is 3.17. The lowest BCUT2D eigenvalue weighted by molar-refractivity contribution is -0.117. The highest BCUT2D eigenvalue weighted by molar-refractivity contribution is 6.44. The minimum Gasteiger partial charge on any atom is -0.370 e. The quantitative estimate of drug-likeness (QED) is 0.132. The van der Waals surface area contributed by atoms with E-state index in [1.165, 1.54) is 0 Å². The summed E-state index contributed by atoms with van der Waals surface area (Å²) in [4.78, 5) is 41.7. The summed E-state index contributed by atoms with van der Waals surface area (Å²) in [6.07, 6.45) is 0.482. The molecule has 0 heterocycles. The van der Waals surface area contributed by atoms with E-state index in [0.29, 0.717) is 18.5 Å². The number of nitrogens with zero attached hydrogens (tertiary/aromatic N) is 1. The van der Waals surface area contributed by atoms with Gasteiger partial charge in [0.25, 0.3) is 17.6 Å². The first-order valence-electron chi connectivity index (χ1n) is 10.1. The molecular formula is C24H26ClN5O3. The van der Waals surface area contributed by atoms with Gasteiger partial charge in [-0.15, -0.1) is 12.4 Å². The summed E-state index contributed by atoms with van der Waals surface area (Å²) in [5.41, 5.74) is 12.1. The number of halogens is 1. The number of guanidine groups is 1. The fraction of sp³-hybridized carbons (Fsp3) is 0.167. The molecule has 0 aliphatic rings. The van der Waals surface area contributed by atoms with Gasteiger partial charge in [-0.2, -0.15) is 0 Å². The number of benzene rings is 3. The highest BCUT2D eigenvalue weighted by Crippen LogP contribution is 2.21. The zero-order chi connectivity index (χ0) is 23.1. The maximum atomic E-state index is 12.8. The molecule has 0 bridgehead atoms. The largest absolute Gasteiger partial charge is 0.370 e. The van der Waals surface area contributed by atoms with Crippen molar-refractivity contribution in [1.82, 2.24) is 5.32 Å². The molecule has 2 amide bonds. The Bertz CT molecular complexity index is 1210. The number of aryl methyl sites for hydroxylation is 1. The Morgan fingerprint density at radius 2 is 1.67 bits per heavy atom. The molecule has 0 saturated carbocycles. The predicted molar refractivity (Wildman–Crippen MR) is 133 cm³/mol. The van der Waals surface area contributed by atoms with Gasteiger partial charge in [-0.1, -0.05) is 42.0 Å². The normalized spacial score (nSPS) is 10.1. The molecule has 8 nitrogen and oxygen atoms in total. The fourth-order valence-corrected chi connectivity index (χ4v) is 3.17. The number of rotatable bonds is 8. The molecule has 3 rings (SSSR count). The molecule has 0 fully saturated rings. The lowest BCUT2D eigenvalue weighted by atomic mass is 10.0. The van der Waals surface area contributed by atoms with Gasteiger partial charge in [0.15, 0.2) is 5.96 Å². The van der Waals surface area contributed by atoms with E-state index in [9.17, 15) is 14.4 Å². The number of aliphatic imine (C=N–C) groups is 1. The smallest absolute Gasteiger partial charge is 0.292 e. The standard InChI is InChI=1S/C24H25N5O3.ClH/c1-15-7-10-20(19(13-15)21(30)23(32)27-11-4-12-28-24(25)26)29-22(31)18-9-8-16-5-2-3-6-17(16)14-18;/h2-3,5-10,13-14H,4,11-12H2,1H3,(H,27,32)(H,29,31)(H4,25,26,28);1H. The van der Waals surface area contributed by atoms with Gasteiger partial charge in [-0.25, -0.2) is 0 Å². The van der Waals surface area contributed by atoms with Crippen molar-refractivity contribution in [3.05, 3.63) is 77.4 Å². The van der Waals surface area contributed by atoms with Crippen molar-refractivity contribution in [2.45, 2.75) is 13.3 Å². The molecule has 3 aromatic carbocycles. The zero-order valence-corrected chi connectivity index (χ0v) is 18.9. The predicted octanol–water partition coefficient (Wildman–Crippen LogP) is 2.78. The molecule has 0 aliphatic heterocycles. The first-order chi connectivity index (χ1) is 15.3. The van der Waals surface area contributed by atoms with Crippen molar-refractivity contribution in [2.75, 3.05) is 18.4 Å². The third kappa shape index (κ3) is 6.78. The SMILES string of the molecule is Cc1ccc(NC(=O)c2ccc3ccccc3c2)c(C(=O)C(=O)NCCCN=C(N)N)c1.Cl. The van der Waals surface area contributed by atoms with Crippen LogP contribution >= 0.6 is 12.4 Å². The molecule has 0 spiro atoms. The van der Waals surface area contributed by atoms with Crippen LogP contribution in [0.3, 0.4) is 0 Å². The highest BCUT2D eigenvalue weighted by atomic mass is 35.5. The summed E-state index contributed by atoms with van der Waals surface area (Å²) in [5.74, 6) is -1.89. The molecular weight excluding hydrogens is 442 g/mol. The third-order valence-electron chi connectivity index (χ3n) is 4.80.